The van der Waals surface area contributed by atoms with E-state index in [1.807, 2.05) is 34.3 Å². The second-order valence-corrected chi connectivity index (χ2v) is 8.99. The van der Waals surface area contributed by atoms with E-state index in [4.69, 9.17) is 9.47 Å². The van der Waals surface area contributed by atoms with Crippen LogP contribution in [0.4, 0.5) is 5.69 Å². The Balaban J connectivity index is 1.56. The Hall–Kier alpha value is -3.15. The SMILES string of the molecule is CCOc1ccc2c(c1)n(C1CCCCC1)c(=O)n2Cc1ccc(N2CC=CC2)cc1OC. The summed E-state index contributed by atoms with van der Waals surface area (Å²) in [5, 5.41) is 0. The van der Waals surface area contributed by atoms with Gasteiger partial charge in [0.15, 0.2) is 0 Å². The number of nitrogens with zero attached hydrogens (tertiary/aromatic N) is 3. The van der Waals surface area contributed by atoms with Gasteiger partial charge in [0.05, 0.1) is 31.3 Å². The molecule has 1 aliphatic carbocycles. The molecule has 6 nitrogen and oxygen atoms in total. The molecule has 0 amide bonds. The van der Waals surface area contributed by atoms with Crippen LogP contribution in [-0.2, 0) is 6.54 Å². The lowest BCUT2D eigenvalue weighted by atomic mass is 9.95. The van der Waals surface area contributed by atoms with Crippen molar-refractivity contribution in [2.75, 3.05) is 31.7 Å². The van der Waals surface area contributed by atoms with Crippen molar-refractivity contribution in [3.05, 3.63) is 64.6 Å². The van der Waals surface area contributed by atoms with Crippen LogP contribution in [0, 0.1) is 0 Å². The molecule has 1 aliphatic heterocycles. The van der Waals surface area contributed by atoms with E-state index < -0.39 is 0 Å². The standard InChI is InChI=1S/C27H33N3O3/c1-3-33-23-13-14-24-25(18-23)30(21-9-5-4-6-10-21)27(31)29(24)19-20-11-12-22(17-26(20)32-2)28-15-7-8-16-28/h7-8,11-14,17-18,21H,3-6,9-10,15-16,19H2,1-2H3. The van der Waals surface area contributed by atoms with Crippen LogP contribution in [0.2, 0.25) is 0 Å². The molecule has 2 aromatic carbocycles. The molecule has 0 bridgehead atoms. The first-order valence-electron chi connectivity index (χ1n) is 12.1. The van der Waals surface area contributed by atoms with E-state index in [0.29, 0.717) is 13.2 Å². The predicted molar refractivity (Wildman–Crippen MR) is 133 cm³/mol. The van der Waals surface area contributed by atoms with Crippen molar-refractivity contribution in [3.8, 4) is 11.5 Å². The van der Waals surface area contributed by atoms with Crippen LogP contribution in [0.15, 0.2) is 53.3 Å². The van der Waals surface area contributed by atoms with E-state index in [0.717, 1.165) is 59.7 Å². The fourth-order valence-corrected chi connectivity index (χ4v) is 5.28. The molecule has 0 N–H and O–H groups in total. The lowest BCUT2D eigenvalue weighted by Crippen LogP contribution is -2.29. The average molecular weight is 448 g/mol. The molecule has 0 atom stereocenters. The van der Waals surface area contributed by atoms with E-state index in [1.165, 1.54) is 19.3 Å². The number of aromatic nitrogens is 2. The van der Waals surface area contributed by atoms with Gasteiger partial charge in [-0.2, -0.15) is 0 Å². The molecule has 33 heavy (non-hydrogen) atoms. The molecule has 2 heterocycles. The first kappa shape index (κ1) is 21.7. The van der Waals surface area contributed by atoms with Crippen molar-refractivity contribution in [2.24, 2.45) is 0 Å². The van der Waals surface area contributed by atoms with Gasteiger partial charge in [-0.15, -0.1) is 0 Å². The monoisotopic (exact) mass is 447 g/mol. The van der Waals surface area contributed by atoms with Crippen LogP contribution in [0.1, 0.15) is 50.6 Å². The highest BCUT2D eigenvalue weighted by Crippen LogP contribution is 2.33. The number of anilines is 1. The largest absolute Gasteiger partial charge is 0.496 e. The van der Waals surface area contributed by atoms with Crippen LogP contribution in [0.25, 0.3) is 11.0 Å². The van der Waals surface area contributed by atoms with Crippen LogP contribution in [0.3, 0.4) is 0 Å². The summed E-state index contributed by atoms with van der Waals surface area (Å²) in [5.41, 5.74) is 4.12. The van der Waals surface area contributed by atoms with Crippen LogP contribution in [0.5, 0.6) is 11.5 Å². The van der Waals surface area contributed by atoms with Crippen LogP contribution in [-0.4, -0.2) is 35.9 Å². The molecule has 5 rings (SSSR count). The Labute approximate surface area is 195 Å². The quantitative estimate of drug-likeness (QED) is 0.471. The molecular formula is C27H33N3O3. The van der Waals surface area contributed by atoms with Crippen molar-refractivity contribution in [1.82, 2.24) is 9.13 Å². The molecule has 1 fully saturated rings. The van der Waals surface area contributed by atoms with Gasteiger partial charge in [0.25, 0.3) is 0 Å². The highest BCUT2D eigenvalue weighted by Gasteiger charge is 2.23. The second kappa shape index (κ2) is 9.38. The van der Waals surface area contributed by atoms with Gasteiger partial charge in [-0.25, -0.2) is 4.79 Å². The minimum atomic E-state index is 0.0559. The zero-order valence-corrected chi connectivity index (χ0v) is 19.6. The third-order valence-electron chi connectivity index (χ3n) is 6.97. The molecule has 1 saturated carbocycles. The number of benzene rings is 2. The summed E-state index contributed by atoms with van der Waals surface area (Å²) in [6, 6.07) is 12.6. The number of methoxy groups -OCH3 is 1. The number of ether oxygens (including phenoxy) is 2. The number of hydrogen-bond donors (Lipinski definition) is 0. The van der Waals surface area contributed by atoms with Gasteiger partial charge in [0, 0.05) is 42.5 Å². The zero-order valence-electron chi connectivity index (χ0n) is 19.6. The summed E-state index contributed by atoms with van der Waals surface area (Å²) in [7, 11) is 1.70. The lowest BCUT2D eigenvalue weighted by molar-refractivity contribution is 0.339. The summed E-state index contributed by atoms with van der Waals surface area (Å²) in [4.78, 5) is 16.1. The van der Waals surface area contributed by atoms with Gasteiger partial charge in [-0.05, 0) is 38.0 Å². The predicted octanol–water partition coefficient (Wildman–Crippen LogP) is 5.14. The van der Waals surface area contributed by atoms with E-state index in [2.05, 4.69) is 35.3 Å². The number of rotatable bonds is 7. The van der Waals surface area contributed by atoms with Gasteiger partial charge in [-0.3, -0.25) is 9.13 Å². The highest BCUT2D eigenvalue weighted by molar-refractivity contribution is 5.78. The summed E-state index contributed by atoms with van der Waals surface area (Å²) in [6.07, 6.45) is 10.1. The Morgan fingerprint density at radius 1 is 0.970 bits per heavy atom. The van der Waals surface area contributed by atoms with Crippen molar-refractivity contribution in [3.63, 3.8) is 0 Å². The topological polar surface area (TPSA) is 48.6 Å². The van der Waals surface area contributed by atoms with E-state index in [-0.39, 0.29) is 11.7 Å². The maximum absolute atomic E-state index is 13.8. The van der Waals surface area contributed by atoms with Gasteiger partial charge in [-0.1, -0.05) is 37.5 Å². The van der Waals surface area contributed by atoms with Crippen molar-refractivity contribution < 1.29 is 9.47 Å². The highest BCUT2D eigenvalue weighted by atomic mass is 16.5. The number of hydrogen-bond acceptors (Lipinski definition) is 4. The maximum Gasteiger partial charge on any atom is 0.329 e. The van der Waals surface area contributed by atoms with Crippen LogP contribution < -0.4 is 20.1 Å². The minimum Gasteiger partial charge on any atom is -0.496 e. The first-order chi connectivity index (χ1) is 16.2. The average Bonchev–Trinajstić information content (AvgIpc) is 3.47. The van der Waals surface area contributed by atoms with Crippen molar-refractivity contribution in [1.29, 1.82) is 0 Å². The minimum absolute atomic E-state index is 0.0559. The smallest absolute Gasteiger partial charge is 0.329 e. The second-order valence-electron chi connectivity index (χ2n) is 8.99. The Bertz CT molecular complexity index is 1210. The normalized spacial score (nSPS) is 16.6. The molecule has 0 unspecified atom stereocenters. The van der Waals surface area contributed by atoms with Crippen molar-refractivity contribution in [2.45, 2.75) is 51.6 Å². The zero-order chi connectivity index (χ0) is 22.8. The Kier molecular flexibility index (Phi) is 6.16. The van der Waals surface area contributed by atoms with E-state index >= 15 is 0 Å². The van der Waals surface area contributed by atoms with Gasteiger partial charge < -0.3 is 14.4 Å². The van der Waals surface area contributed by atoms with Crippen LogP contribution >= 0.6 is 0 Å². The van der Waals surface area contributed by atoms with Gasteiger partial charge in [0.2, 0.25) is 0 Å². The molecule has 3 aromatic rings. The molecule has 0 radical (unpaired) electrons. The van der Waals surface area contributed by atoms with E-state index in [1.54, 1.807) is 7.11 Å². The Morgan fingerprint density at radius 3 is 2.48 bits per heavy atom. The molecule has 174 valence electrons. The molecular weight excluding hydrogens is 414 g/mol. The Morgan fingerprint density at radius 2 is 1.76 bits per heavy atom. The lowest BCUT2D eigenvalue weighted by Gasteiger charge is -2.23. The fraction of sp³-hybridized carbons (Fsp3) is 0.444. The molecule has 6 heteroatoms. The third-order valence-corrected chi connectivity index (χ3v) is 6.97. The molecule has 0 saturated heterocycles. The third kappa shape index (κ3) is 4.14. The van der Waals surface area contributed by atoms with E-state index in [9.17, 15) is 4.79 Å². The maximum atomic E-state index is 13.8. The van der Waals surface area contributed by atoms with Crippen molar-refractivity contribution >= 4 is 16.7 Å². The number of imidazole rings is 1. The summed E-state index contributed by atoms with van der Waals surface area (Å²) < 4.78 is 15.4. The number of fused-ring (bicyclic) bond motifs is 1. The molecule has 1 aromatic heterocycles. The summed E-state index contributed by atoms with van der Waals surface area (Å²) in [6.45, 7) is 4.90. The molecule has 2 aliphatic rings. The van der Waals surface area contributed by atoms with Gasteiger partial charge in [0.1, 0.15) is 11.5 Å². The first-order valence-corrected chi connectivity index (χ1v) is 12.1. The molecule has 0 spiro atoms. The summed E-state index contributed by atoms with van der Waals surface area (Å²) in [5.74, 6) is 1.63. The summed E-state index contributed by atoms with van der Waals surface area (Å²) >= 11 is 0. The van der Waals surface area contributed by atoms with Gasteiger partial charge >= 0.3 is 5.69 Å². The fourth-order valence-electron chi connectivity index (χ4n) is 5.28.